The Morgan fingerprint density at radius 1 is 1.12 bits per heavy atom. The second-order valence-electron chi connectivity index (χ2n) is 5.35. The quantitative estimate of drug-likeness (QED) is 0.649. The molecule has 4 atom stereocenters. The van der Waals surface area contributed by atoms with Crippen molar-refractivity contribution in [1.29, 1.82) is 0 Å². The maximum atomic E-state index is 5.90. The molecule has 0 spiro atoms. The highest BCUT2D eigenvalue weighted by molar-refractivity contribution is 9.10. The minimum atomic E-state index is 0.433. The van der Waals surface area contributed by atoms with Crippen LogP contribution >= 0.6 is 15.9 Å². The molecule has 1 aliphatic heterocycles. The van der Waals surface area contributed by atoms with Gasteiger partial charge in [-0.05, 0) is 47.9 Å². The van der Waals surface area contributed by atoms with Crippen molar-refractivity contribution >= 4 is 15.9 Å². The van der Waals surface area contributed by atoms with Gasteiger partial charge in [-0.2, -0.15) is 0 Å². The number of epoxide rings is 1. The molecule has 1 aromatic carbocycles. The molecule has 2 heteroatoms. The highest BCUT2D eigenvalue weighted by atomic mass is 79.9. The van der Waals surface area contributed by atoms with Gasteiger partial charge in [0, 0.05) is 4.47 Å². The summed E-state index contributed by atoms with van der Waals surface area (Å²) in [6.45, 7) is 0. The van der Waals surface area contributed by atoms with Crippen LogP contribution in [0.1, 0.15) is 48.8 Å². The molecule has 1 nitrogen and oxygen atoms in total. The first-order valence-electron chi connectivity index (χ1n) is 6.29. The zero-order valence-corrected chi connectivity index (χ0v) is 10.7. The molecule has 3 aliphatic rings. The fourth-order valence-corrected chi connectivity index (χ4v) is 4.14. The average molecular weight is 279 g/mol. The lowest BCUT2D eigenvalue weighted by Gasteiger charge is -2.35. The number of ether oxygens (including phenoxy) is 1. The van der Waals surface area contributed by atoms with Crippen LogP contribution in [0.3, 0.4) is 0 Å². The number of halogens is 1. The van der Waals surface area contributed by atoms with E-state index in [-0.39, 0.29) is 0 Å². The van der Waals surface area contributed by atoms with Crippen molar-refractivity contribution in [3.63, 3.8) is 0 Å². The molecule has 1 saturated heterocycles. The van der Waals surface area contributed by atoms with Gasteiger partial charge in [0.05, 0.1) is 6.10 Å². The molecule has 0 N–H and O–H groups in total. The molecule has 1 heterocycles. The summed E-state index contributed by atoms with van der Waals surface area (Å²) in [5.74, 6) is 1.57. The molecular formula is C14H15BrO. The standard InChI is InChI=1S/C14H15BrO/c15-8-5-6-11-12(7-8)9-3-1-2-4-10(9)13-14(11)16-13/h5-7,9-10,13-14H,1-4H2/t9-,10-,13-,14+/m1/s1. The van der Waals surface area contributed by atoms with Gasteiger partial charge in [-0.15, -0.1) is 0 Å². The topological polar surface area (TPSA) is 12.5 Å². The zero-order valence-electron chi connectivity index (χ0n) is 9.16. The van der Waals surface area contributed by atoms with Crippen LogP contribution in [0.15, 0.2) is 22.7 Å². The molecular weight excluding hydrogens is 264 g/mol. The molecule has 1 aromatic rings. The van der Waals surface area contributed by atoms with Crippen molar-refractivity contribution in [2.24, 2.45) is 5.92 Å². The Kier molecular flexibility index (Phi) is 2.01. The maximum Gasteiger partial charge on any atom is 0.110 e. The number of rotatable bonds is 0. The lowest BCUT2D eigenvalue weighted by Crippen LogP contribution is -2.27. The van der Waals surface area contributed by atoms with Crippen LogP contribution in [0.5, 0.6) is 0 Å². The van der Waals surface area contributed by atoms with Gasteiger partial charge < -0.3 is 4.74 Å². The molecule has 0 bridgehead atoms. The SMILES string of the molecule is Brc1ccc2c(c1)[C@@H]1CCCC[C@H]1[C@H]1O[C@@H]21. The van der Waals surface area contributed by atoms with Gasteiger partial charge in [0.1, 0.15) is 6.10 Å². The van der Waals surface area contributed by atoms with E-state index >= 15 is 0 Å². The minimum Gasteiger partial charge on any atom is -0.364 e. The van der Waals surface area contributed by atoms with E-state index in [9.17, 15) is 0 Å². The van der Waals surface area contributed by atoms with E-state index in [1.807, 2.05) is 0 Å². The monoisotopic (exact) mass is 278 g/mol. The third-order valence-electron chi connectivity index (χ3n) is 4.52. The van der Waals surface area contributed by atoms with E-state index in [1.54, 1.807) is 5.56 Å². The summed E-state index contributed by atoms with van der Waals surface area (Å²) < 4.78 is 7.12. The maximum absolute atomic E-state index is 5.90. The Morgan fingerprint density at radius 2 is 2.00 bits per heavy atom. The highest BCUT2D eigenvalue weighted by Gasteiger charge is 2.54. The molecule has 0 unspecified atom stereocenters. The third-order valence-corrected chi connectivity index (χ3v) is 5.02. The predicted molar refractivity (Wildman–Crippen MR) is 66.5 cm³/mol. The minimum absolute atomic E-state index is 0.433. The van der Waals surface area contributed by atoms with E-state index in [0.717, 1.165) is 11.8 Å². The molecule has 2 fully saturated rings. The van der Waals surface area contributed by atoms with Crippen LogP contribution in [0, 0.1) is 5.92 Å². The fraction of sp³-hybridized carbons (Fsp3) is 0.571. The molecule has 0 radical (unpaired) electrons. The van der Waals surface area contributed by atoms with Crippen LogP contribution < -0.4 is 0 Å². The summed E-state index contributed by atoms with van der Waals surface area (Å²) in [5.41, 5.74) is 3.04. The summed E-state index contributed by atoms with van der Waals surface area (Å²) in [5, 5.41) is 0. The Morgan fingerprint density at radius 3 is 2.94 bits per heavy atom. The van der Waals surface area contributed by atoms with Crippen molar-refractivity contribution < 1.29 is 4.74 Å². The van der Waals surface area contributed by atoms with E-state index in [0.29, 0.717) is 12.2 Å². The molecule has 4 rings (SSSR count). The molecule has 1 saturated carbocycles. The number of benzene rings is 1. The predicted octanol–water partition coefficient (Wildman–Crippen LogP) is 4.18. The first-order valence-corrected chi connectivity index (χ1v) is 7.09. The van der Waals surface area contributed by atoms with E-state index < -0.39 is 0 Å². The Balaban J connectivity index is 1.84. The zero-order chi connectivity index (χ0) is 10.7. The highest BCUT2D eigenvalue weighted by Crippen LogP contribution is 2.58. The smallest absolute Gasteiger partial charge is 0.110 e. The summed E-state index contributed by atoms with van der Waals surface area (Å²) in [7, 11) is 0. The van der Waals surface area contributed by atoms with Gasteiger partial charge in [-0.1, -0.05) is 34.8 Å². The van der Waals surface area contributed by atoms with Gasteiger partial charge in [0.25, 0.3) is 0 Å². The third kappa shape index (κ3) is 1.26. The average Bonchev–Trinajstić information content (AvgIpc) is 3.09. The van der Waals surface area contributed by atoms with Gasteiger partial charge >= 0.3 is 0 Å². The van der Waals surface area contributed by atoms with Crippen LogP contribution in [-0.2, 0) is 4.74 Å². The Bertz CT molecular complexity index is 442. The van der Waals surface area contributed by atoms with E-state index in [2.05, 4.69) is 34.1 Å². The van der Waals surface area contributed by atoms with E-state index in [1.165, 1.54) is 35.7 Å². The van der Waals surface area contributed by atoms with Crippen LogP contribution in [0.2, 0.25) is 0 Å². The number of fused-ring (bicyclic) bond motifs is 6. The number of hydrogen-bond donors (Lipinski definition) is 0. The van der Waals surface area contributed by atoms with Gasteiger partial charge in [0.2, 0.25) is 0 Å². The van der Waals surface area contributed by atoms with Crippen LogP contribution in [-0.4, -0.2) is 6.10 Å². The molecule has 2 aliphatic carbocycles. The largest absolute Gasteiger partial charge is 0.364 e. The summed E-state index contributed by atoms with van der Waals surface area (Å²) in [6.07, 6.45) is 6.52. The Hall–Kier alpha value is -0.340. The second-order valence-corrected chi connectivity index (χ2v) is 6.27. The van der Waals surface area contributed by atoms with Crippen molar-refractivity contribution in [3.05, 3.63) is 33.8 Å². The normalized spacial score (nSPS) is 39.6. The van der Waals surface area contributed by atoms with Gasteiger partial charge in [-0.3, -0.25) is 0 Å². The summed E-state index contributed by atoms with van der Waals surface area (Å²) in [4.78, 5) is 0. The lowest BCUT2D eigenvalue weighted by molar-refractivity contribution is 0.237. The van der Waals surface area contributed by atoms with Crippen molar-refractivity contribution in [3.8, 4) is 0 Å². The van der Waals surface area contributed by atoms with Crippen LogP contribution in [0.4, 0.5) is 0 Å². The Labute approximate surface area is 104 Å². The van der Waals surface area contributed by atoms with Crippen molar-refractivity contribution in [2.75, 3.05) is 0 Å². The molecule has 16 heavy (non-hydrogen) atoms. The first-order chi connectivity index (χ1) is 7.84. The van der Waals surface area contributed by atoms with Gasteiger partial charge in [0.15, 0.2) is 0 Å². The fourth-order valence-electron chi connectivity index (χ4n) is 3.76. The van der Waals surface area contributed by atoms with Crippen molar-refractivity contribution in [1.82, 2.24) is 0 Å². The van der Waals surface area contributed by atoms with Gasteiger partial charge in [-0.25, -0.2) is 0 Å². The summed E-state index contributed by atoms with van der Waals surface area (Å²) in [6, 6.07) is 6.74. The summed E-state index contributed by atoms with van der Waals surface area (Å²) >= 11 is 3.60. The van der Waals surface area contributed by atoms with Crippen molar-refractivity contribution in [2.45, 2.75) is 43.8 Å². The first kappa shape index (κ1) is 9.67. The van der Waals surface area contributed by atoms with Crippen LogP contribution in [0.25, 0.3) is 0 Å². The van der Waals surface area contributed by atoms with E-state index in [4.69, 9.17) is 4.74 Å². The molecule has 0 amide bonds. The number of hydrogen-bond acceptors (Lipinski definition) is 1. The second kappa shape index (κ2) is 3.33. The molecule has 84 valence electrons. The molecule has 0 aromatic heterocycles. The lowest BCUT2D eigenvalue weighted by atomic mass is 9.68.